The van der Waals surface area contributed by atoms with Gasteiger partial charge in [-0.2, -0.15) is 13.2 Å². The van der Waals surface area contributed by atoms with Crippen LogP contribution in [0.3, 0.4) is 0 Å². The van der Waals surface area contributed by atoms with Crippen molar-refractivity contribution in [2.24, 2.45) is 5.41 Å². The van der Waals surface area contributed by atoms with E-state index in [2.05, 4.69) is 6.92 Å². The Morgan fingerprint density at radius 3 is 1.93 bits per heavy atom. The lowest BCUT2D eigenvalue weighted by molar-refractivity contribution is -0.135. The smallest absolute Gasteiger partial charge is 0.166 e. The minimum Gasteiger partial charge on any atom is -0.166 e. The molecule has 156 valence electrons. The molecular weight excluding hydrogens is 366 g/mol. The van der Waals surface area contributed by atoms with Gasteiger partial charge < -0.3 is 0 Å². The highest BCUT2D eigenvalue weighted by atomic mass is 19.4. The molecular formula is C23H34B3F3. The van der Waals surface area contributed by atoms with E-state index in [9.17, 15) is 13.2 Å². The monoisotopic (exact) mass is 400 g/mol. The average Bonchev–Trinajstić information content (AvgIpc) is 2.62. The highest BCUT2D eigenvalue weighted by Gasteiger charge is 2.40. The molecule has 0 bridgehead atoms. The van der Waals surface area contributed by atoms with Gasteiger partial charge in [-0.25, -0.2) is 0 Å². The van der Waals surface area contributed by atoms with Crippen molar-refractivity contribution in [3.05, 3.63) is 22.8 Å². The SMILES string of the molecule is [B]c1cc(C([B])C(C)(C)CC)c(C(C)(CC)CCCCCC)c([B])c1C(F)(F)F. The normalized spacial score (nSPS) is 15.9. The van der Waals surface area contributed by atoms with Gasteiger partial charge in [0.2, 0.25) is 0 Å². The average molecular weight is 400 g/mol. The lowest BCUT2D eigenvalue weighted by atomic mass is 9.56. The summed E-state index contributed by atoms with van der Waals surface area (Å²) < 4.78 is 41.3. The maximum Gasteiger partial charge on any atom is 0.415 e. The van der Waals surface area contributed by atoms with E-state index in [-0.39, 0.29) is 16.3 Å². The van der Waals surface area contributed by atoms with Gasteiger partial charge in [-0.15, -0.1) is 0 Å². The summed E-state index contributed by atoms with van der Waals surface area (Å²) in [5, 5.41) is 0. The molecule has 0 aliphatic carbocycles. The molecule has 0 saturated carbocycles. The number of rotatable bonds is 10. The van der Waals surface area contributed by atoms with Crippen LogP contribution in [-0.4, -0.2) is 23.5 Å². The zero-order chi connectivity index (χ0) is 22.6. The molecule has 0 nitrogen and oxygen atoms in total. The van der Waals surface area contributed by atoms with Gasteiger partial charge in [-0.05, 0) is 35.1 Å². The maximum absolute atomic E-state index is 13.8. The molecule has 0 heterocycles. The highest BCUT2D eigenvalue weighted by molar-refractivity contribution is 6.41. The van der Waals surface area contributed by atoms with E-state index in [1.165, 1.54) is 6.07 Å². The second kappa shape index (κ2) is 10.0. The van der Waals surface area contributed by atoms with Crippen LogP contribution in [0.4, 0.5) is 13.2 Å². The Hall–Kier alpha value is -0.795. The lowest BCUT2D eigenvalue weighted by Gasteiger charge is -2.40. The zero-order valence-electron chi connectivity index (χ0n) is 19.0. The van der Waals surface area contributed by atoms with Crippen molar-refractivity contribution in [3.8, 4) is 0 Å². The van der Waals surface area contributed by atoms with Gasteiger partial charge in [0.25, 0.3) is 0 Å². The fourth-order valence-electron chi connectivity index (χ4n) is 4.04. The summed E-state index contributed by atoms with van der Waals surface area (Å²) in [4.78, 5) is 0. The van der Waals surface area contributed by atoms with Crippen molar-refractivity contribution in [1.29, 1.82) is 0 Å². The molecule has 6 heteroatoms. The van der Waals surface area contributed by atoms with E-state index in [0.717, 1.165) is 38.5 Å². The van der Waals surface area contributed by atoms with Crippen LogP contribution in [0.5, 0.6) is 0 Å². The van der Waals surface area contributed by atoms with Gasteiger partial charge in [-0.1, -0.05) is 96.2 Å². The molecule has 6 radical (unpaired) electrons. The van der Waals surface area contributed by atoms with Crippen LogP contribution in [0.15, 0.2) is 6.07 Å². The van der Waals surface area contributed by atoms with Gasteiger partial charge in [0.05, 0.1) is 7.85 Å². The molecule has 0 spiro atoms. The second-order valence-electron chi connectivity index (χ2n) is 9.26. The van der Waals surface area contributed by atoms with Crippen LogP contribution in [0.25, 0.3) is 0 Å². The predicted octanol–water partition coefficient (Wildman–Crippen LogP) is 5.58. The Morgan fingerprint density at radius 2 is 1.48 bits per heavy atom. The standard InChI is InChI=1S/C23H34B3F3/c1-7-10-11-12-13-22(6,9-3)17-15(20(26)21(4,5)8-2)14-16(24)18(19(17)25)23(27,28)29/h14,20H,7-13H2,1-6H3. The Bertz CT molecular complexity index is 683. The molecule has 0 aliphatic heterocycles. The van der Waals surface area contributed by atoms with Crippen LogP contribution in [-0.2, 0) is 11.6 Å². The van der Waals surface area contributed by atoms with E-state index in [0.29, 0.717) is 17.5 Å². The van der Waals surface area contributed by atoms with Crippen molar-refractivity contribution in [1.82, 2.24) is 0 Å². The molecule has 0 fully saturated rings. The van der Waals surface area contributed by atoms with Crippen LogP contribution >= 0.6 is 0 Å². The second-order valence-corrected chi connectivity index (χ2v) is 9.26. The topological polar surface area (TPSA) is 0 Å². The third-order valence-electron chi connectivity index (χ3n) is 6.76. The molecule has 0 saturated heterocycles. The summed E-state index contributed by atoms with van der Waals surface area (Å²) >= 11 is 0. The van der Waals surface area contributed by atoms with E-state index in [1.54, 1.807) is 0 Å². The molecule has 0 aliphatic rings. The van der Waals surface area contributed by atoms with E-state index < -0.39 is 23.0 Å². The molecule has 0 N–H and O–H groups in total. The van der Waals surface area contributed by atoms with Gasteiger partial charge >= 0.3 is 6.18 Å². The van der Waals surface area contributed by atoms with Crippen molar-refractivity contribution in [2.45, 2.75) is 104 Å². The Morgan fingerprint density at radius 1 is 0.897 bits per heavy atom. The van der Waals surface area contributed by atoms with Gasteiger partial charge in [0.15, 0.2) is 0 Å². The van der Waals surface area contributed by atoms with Crippen LogP contribution in [0, 0.1) is 5.41 Å². The number of halogens is 3. The van der Waals surface area contributed by atoms with Gasteiger partial charge in [-0.3, -0.25) is 0 Å². The number of alkyl halides is 3. The fourth-order valence-corrected chi connectivity index (χ4v) is 4.04. The minimum absolute atomic E-state index is 0.255. The van der Waals surface area contributed by atoms with Gasteiger partial charge in [0.1, 0.15) is 15.7 Å². The lowest BCUT2D eigenvalue weighted by Crippen LogP contribution is -2.41. The van der Waals surface area contributed by atoms with E-state index in [1.807, 2.05) is 34.6 Å². The first kappa shape index (κ1) is 26.2. The number of unbranched alkanes of at least 4 members (excludes halogenated alkanes) is 3. The summed E-state index contributed by atoms with van der Waals surface area (Å²) in [6, 6.07) is 1.43. The largest absolute Gasteiger partial charge is 0.415 e. The Kier molecular flexibility index (Phi) is 9.06. The number of hydrogen-bond acceptors (Lipinski definition) is 0. The third kappa shape index (κ3) is 5.88. The Labute approximate surface area is 180 Å². The first-order chi connectivity index (χ1) is 13.3. The summed E-state index contributed by atoms with van der Waals surface area (Å²) in [6.45, 7) is 12.2. The Balaban J connectivity index is 3.73. The first-order valence-corrected chi connectivity index (χ1v) is 10.8. The summed E-state index contributed by atoms with van der Waals surface area (Å²) in [5.41, 5.74) is -1.14. The first-order valence-electron chi connectivity index (χ1n) is 10.8. The molecule has 0 amide bonds. The number of benzene rings is 1. The van der Waals surface area contributed by atoms with Crippen molar-refractivity contribution >= 4 is 34.5 Å². The maximum atomic E-state index is 13.8. The number of hydrogen-bond donors (Lipinski definition) is 0. The quantitative estimate of drug-likeness (QED) is 0.356. The van der Waals surface area contributed by atoms with Crippen molar-refractivity contribution in [3.63, 3.8) is 0 Å². The van der Waals surface area contributed by atoms with E-state index >= 15 is 0 Å². The molecule has 2 atom stereocenters. The van der Waals surface area contributed by atoms with Crippen molar-refractivity contribution in [2.75, 3.05) is 0 Å². The fraction of sp³-hybridized carbons (Fsp3) is 0.739. The molecule has 0 aromatic heterocycles. The minimum atomic E-state index is -4.61. The summed E-state index contributed by atoms with van der Waals surface area (Å²) in [5.74, 6) is -0.462. The summed E-state index contributed by atoms with van der Waals surface area (Å²) in [6.07, 6.45) is 1.82. The molecule has 1 rings (SSSR count). The van der Waals surface area contributed by atoms with Crippen LogP contribution in [0.2, 0.25) is 0 Å². The van der Waals surface area contributed by atoms with Crippen LogP contribution < -0.4 is 10.9 Å². The van der Waals surface area contributed by atoms with Crippen molar-refractivity contribution < 1.29 is 13.2 Å². The summed E-state index contributed by atoms with van der Waals surface area (Å²) in [7, 11) is 18.7. The van der Waals surface area contributed by atoms with E-state index in [4.69, 9.17) is 23.5 Å². The highest BCUT2D eigenvalue weighted by Crippen LogP contribution is 2.43. The molecule has 1 aromatic rings. The zero-order valence-corrected chi connectivity index (χ0v) is 19.0. The molecule has 29 heavy (non-hydrogen) atoms. The third-order valence-corrected chi connectivity index (χ3v) is 6.76. The van der Waals surface area contributed by atoms with Gasteiger partial charge in [0, 0.05) is 5.56 Å². The van der Waals surface area contributed by atoms with Crippen LogP contribution in [0.1, 0.15) is 109 Å². The molecule has 2 unspecified atom stereocenters. The molecule has 1 aromatic carbocycles. The predicted molar refractivity (Wildman–Crippen MR) is 121 cm³/mol.